The van der Waals surface area contributed by atoms with Crippen molar-refractivity contribution in [3.63, 3.8) is 0 Å². The molecular formula is C24H24ClN3O2S2. The van der Waals surface area contributed by atoms with E-state index in [9.17, 15) is 13.7 Å². The number of nitrogens with zero attached hydrogens (tertiary/aromatic N) is 3. The number of hydrogen-bond donors (Lipinski definition) is 0. The summed E-state index contributed by atoms with van der Waals surface area (Å²) in [6.45, 7) is 5.49. The molecule has 2 heterocycles. The molecule has 1 fully saturated rings. The zero-order valence-corrected chi connectivity index (χ0v) is 20.3. The van der Waals surface area contributed by atoms with Gasteiger partial charge < -0.3 is 4.90 Å². The first-order valence-electron chi connectivity index (χ1n) is 10.4. The van der Waals surface area contributed by atoms with Gasteiger partial charge in [-0.15, -0.1) is 11.3 Å². The van der Waals surface area contributed by atoms with E-state index in [1.807, 2.05) is 31.2 Å². The van der Waals surface area contributed by atoms with Crippen LogP contribution in [0.5, 0.6) is 0 Å². The minimum Gasteiger partial charge on any atom is -0.363 e. The summed E-state index contributed by atoms with van der Waals surface area (Å²) in [5.41, 5.74) is 3.65. The van der Waals surface area contributed by atoms with Gasteiger partial charge in [-0.25, -0.2) is 8.42 Å². The van der Waals surface area contributed by atoms with E-state index in [-0.39, 0.29) is 6.04 Å². The maximum Gasteiger partial charge on any atom is 0.252 e. The number of benzene rings is 2. The number of halogens is 1. The third-order valence-corrected chi connectivity index (χ3v) is 9.53. The molecule has 166 valence electrons. The van der Waals surface area contributed by atoms with Crippen LogP contribution in [0.2, 0.25) is 5.02 Å². The summed E-state index contributed by atoms with van der Waals surface area (Å²) < 4.78 is 28.3. The molecule has 0 bridgehead atoms. The molecule has 0 aliphatic carbocycles. The van der Waals surface area contributed by atoms with Gasteiger partial charge in [-0.3, -0.25) is 0 Å². The SMILES string of the molecule is Cc1ccc(S(=O)(=O)N2CC[C@@H](N(Cc3ccccc3C)c3ccc(C#N)c(Cl)c3)C2)s1. The molecule has 3 aromatic rings. The number of anilines is 1. The van der Waals surface area contributed by atoms with E-state index in [1.165, 1.54) is 22.5 Å². The van der Waals surface area contributed by atoms with Gasteiger partial charge >= 0.3 is 0 Å². The molecule has 1 aliphatic heterocycles. The molecule has 1 aliphatic rings. The molecule has 32 heavy (non-hydrogen) atoms. The van der Waals surface area contributed by atoms with Crippen LogP contribution in [0, 0.1) is 25.2 Å². The normalized spacial score (nSPS) is 16.8. The Balaban J connectivity index is 1.65. The first kappa shape index (κ1) is 22.8. The van der Waals surface area contributed by atoms with E-state index < -0.39 is 10.0 Å². The van der Waals surface area contributed by atoms with Crippen LogP contribution in [0.1, 0.15) is 28.0 Å². The molecule has 5 nitrogen and oxygen atoms in total. The molecule has 4 rings (SSSR count). The molecule has 1 saturated heterocycles. The van der Waals surface area contributed by atoms with Crippen LogP contribution >= 0.6 is 22.9 Å². The Labute approximate surface area is 198 Å². The summed E-state index contributed by atoms with van der Waals surface area (Å²) in [5, 5.41) is 9.64. The molecule has 0 amide bonds. The summed E-state index contributed by atoms with van der Waals surface area (Å²) in [4.78, 5) is 3.19. The van der Waals surface area contributed by atoms with Crippen LogP contribution in [-0.4, -0.2) is 31.9 Å². The predicted molar refractivity (Wildman–Crippen MR) is 130 cm³/mol. The van der Waals surface area contributed by atoms with Crippen molar-refractivity contribution < 1.29 is 8.42 Å². The summed E-state index contributed by atoms with van der Waals surface area (Å²) in [6.07, 6.45) is 0.715. The lowest BCUT2D eigenvalue weighted by atomic mass is 10.1. The summed E-state index contributed by atoms with van der Waals surface area (Å²) >= 11 is 7.65. The summed E-state index contributed by atoms with van der Waals surface area (Å²) in [6, 6.07) is 19.2. The minimum absolute atomic E-state index is 0.00515. The van der Waals surface area contributed by atoms with Gasteiger partial charge in [0, 0.05) is 36.2 Å². The molecule has 1 atom stereocenters. The lowest BCUT2D eigenvalue weighted by Crippen LogP contribution is -2.38. The maximum atomic E-state index is 13.2. The van der Waals surface area contributed by atoms with E-state index in [0.29, 0.717) is 40.9 Å². The Morgan fingerprint density at radius 3 is 2.62 bits per heavy atom. The van der Waals surface area contributed by atoms with Crippen LogP contribution in [-0.2, 0) is 16.6 Å². The highest BCUT2D eigenvalue weighted by Gasteiger charge is 2.36. The maximum absolute atomic E-state index is 13.2. The van der Waals surface area contributed by atoms with E-state index in [2.05, 4.69) is 30.0 Å². The highest BCUT2D eigenvalue weighted by Crippen LogP contribution is 2.32. The van der Waals surface area contributed by atoms with Gasteiger partial charge in [0.05, 0.1) is 10.6 Å². The van der Waals surface area contributed by atoms with Crippen molar-refractivity contribution in [3.05, 3.63) is 81.2 Å². The smallest absolute Gasteiger partial charge is 0.252 e. The Morgan fingerprint density at radius 1 is 1.19 bits per heavy atom. The van der Waals surface area contributed by atoms with E-state index in [4.69, 9.17) is 11.6 Å². The van der Waals surface area contributed by atoms with Gasteiger partial charge in [0.25, 0.3) is 10.0 Å². The lowest BCUT2D eigenvalue weighted by Gasteiger charge is -2.32. The van der Waals surface area contributed by atoms with Crippen molar-refractivity contribution in [2.24, 2.45) is 0 Å². The first-order valence-corrected chi connectivity index (χ1v) is 13.0. The molecule has 0 N–H and O–H groups in total. The quantitative estimate of drug-likeness (QED) is 0.471. The zero-order chi connectivity index (χ0) is 22.9. The largest absolute Gasteiger partial charge is 0.363 e. The second kappa shape index (κ2) is 9.24. The Kier molecular flexibility index (Phi) is 6.59. The number of thiophene rings is 1. The number of nitriles is 1. The highest BCUT2D eigenvalue weighted by atomic mass is 35.5. The van der Waals surface area contributed by atoms with Crippen LogP contribution in [0.15, 0.2) is 58.8 Å². The van der Waals surface area contributed by atoms with E-state index in [0.717, 1.165) is 10.6 Å². The van der Waals surface area contributed by atoms with Gasteiger partial charge in [-0.05, 0) is 61.7 Å². The average molecular weight is 486 g/mol. The first-order chi connectivity index (χ1) is 15.3. The van der Waals surface area contributed by atoms with Crippen molar-refractivity contribution in [1.82, 2.24) is 4.31 Å². The molecule has 0 spiro atoms. The van der Waals surface area contributed by atoms with E-state index in [1.54, 1.807) is 22.5 Å². The fourth-order valence-electron chi connectivity index (χ4n) is 4.04. The number of rotatable bonds is 6. The van der Waals surface area contributed by atoms with E-state index >= 15 is 0 Å². The third-order valence-electron chi connectivity index (χ3n) is 5.88. The molecular weight excluding hydrogens is 462 g/mol. The Morgan fingerprint density at radius 2 is 1.97 bits per heavy atom. The van der Waals surface area contributed by atoms with Gasteiger partial charge in [0.15, 0.2) is 0 Å². The Bertz CT molecular complexity index is 1280. The molecule has 0 unspecified atom stereocenters. The molecule has 2 aromatic carbocycles. The summed E-state index contributed by atoms with van der Waals surface area (Å²) in [7, 11) is -3.51. The molecule has 1 aromatic heterocycles. The molecule has 0 saturated carbocycles. The number of hydrogen-bond acceptors (Lipinski definition) is 5. The van der Waals surface area contributed by atoms with Crippen molar-refractivity contribution in [3.8, 4) is 6.07 Å². The fraction of sp³-hybridized carbons (Fsp3) is 0.292. The van der Waals surface area contributed by atoms with Gasteiger partial charge in [0.2, 0.25) is 0 Å². The van der Waals surface area contributed by atoms with Crippen LogP contribution < -0.4 is 4.90 Å². The lowest BCUT2D eigenvalue weighted by molar-refractivity contribution is 0.470. The van der Waals surface area contributed by atoms with Crippen molar-refractivity contribution in [2.45, 2.75) is 37.1 Å². The second-order valence-electron chi connectivity index (χ2n) is 8.00. The number of aryl methyl sites for hydroxylation is 2. The van der Waals surface area contributed by atoms with Crippen molar-refractivity contribution in [2.75, 3.05) is 18.0 Å². The topological polar surface area (TPSA) is 64.4 Å². The van der Waals surface area contributed by atoms with Gasteiger partial charge in [-0.2, -0.15) is 9.57 Å². The van der Waals surface area contributed by atoms with Gasteiger partial charge in [-0.1, -0.05) is 35.9 Å². The highest BCUT2D eigenvalue weighted by molar-refractivity contribution is 7.91. The van der Waals surface area contributed by atoms with Crippen LogP contribution in [0.25, 0.3) is 0 Å². The fourth-order valence-corrected chi connectivity index (χ4v) is 7.18. The Hall–Kier alpha value is -2.37. The molecule has 0 radical (unpaired) electrons. The van der Waals surface area contributed by atoms with Crippen LogP contribution in [0.4, 0.5) is 5.69 Å². The minimum atomic E-state index is -3.51. The zero-order valence-electron chi connectivity index (χ0n) is 18.0. The van der Waals surface area contributed by atoms with Crippen LogP contribution in [0.3, 0.4) is 0 Å². The number of sulfonamides is 1. The third kappa shape index (κ3) is 4.55. The summed E-state index contributed by atoms with van der Waals surface area (Å²) in [5.74, 6) is 0. The second-order valence-corrected chi connectivity index (χ2v) is 11.9. The molecule has 8 heteroatoms. The monoisotopic (exact) mass is 485 g/mol. The van der Waals surface area contributed by atoms with Crippen molar-refractivity contribution >= 4 is 38.6 Å². The average Bonchev–Trinajstić information content (AvgIpc) is 3.43. The predicted octanol–water partition coefficient (Wildman–Crippen LogP) is 5.36. The van der Waals surface area contributed by atoms with Gasteiger partial charge in [0.1, 0.15) is 10.3 Å². The standard InChI is InChI=1S/C24H24ClN3O2S2/c1-17-5-3-4-6-20(17)15-28(21-9-8-19(14-26)23(25)13-21)22-11-12-27(16-22)32(29,30)24-10-7-18(2)31-24/h3-10,13,22H,11-12,15-16H2,1-2H3/t22-/m1/s1. The van der Waals surface area contributed by atoms with Crippen molar-refractivity contribution in [1.29, 1.82) is 5.26 Å².